The molecule has 3 rings (SSSR count). The first kappa shape index (κ1) is 15.0. The lowest BCUT2D eigenvalue weighted by molar-refractivity contribution is 0.00578. The lowest BCUT2D eigenvalue weighted by atomic mass is 9.77. The van der Waals surface area contributed by atoms with Gasteiger partial charge < -0.3 is 15.0 Å². The molecule has 0 atom stereocenters. The van der Waals surface area contributed by atoms with Crippen molar-refractivity contribution in [3.05, 3.63) is 17.7 Å². The first-order chi connectivity index (χ1) is 10.2. The second-order valence-electron chi connectivity index (χ2n) is 6.67. The van der Waals surface area contributed by atoms with Crippen molar-refractivity contribution >= 4 is 29.3 Å². The molecule has 1 aromatic heterocycles. The van der Waals surface area contributed by atoms with Gasteiger partial charge in [-0.2, -0.15) is 5.10 Å². The van der Waals surface area contributed by atoms with Crippen LogP contribution in [0.25, 0.3) is 10.9 Å². The number of rotatable bonds is 1. The Hall–Kier alpha value is -1.97. The molecule has 0 saturated carbocycles. The normalized spacial score (nSPS) is 19.5. The monoisotopic (exact) mass is 297 g/mol. The first-order valence-electron chi connectivity index (χ1n) is 7.25. The standard InChI is InChI=1S/C16H20BN3O2/c1-7-10-8-9-11(13-12(10)14(18)19-20(13)6)17-21-15(2,3)16(4,5)22-17/h1,8-9H,2-6H3,(H2,18,19). The summed E-state index contributed by atoms with van der Waals surface area (Å²) in [6.45, 7) is 8.10. The van der Waals surface area contributed by atoms with E-state index < -0.39 is 18.3 Å². The minimum atomic E-state index is -0.478. The number of terminal acetylenes is 1. The SMILES string of the molecule is C#Cc1ccc(B2OC(C)(C)C(C)(C)O2)c2c1c(N)nn2C. The van der Waals surface area contributed by atoms with E-state index in [9.17, 15) is 0 Å². The summed E-state index contributed by atoms with van der Waals surface area (Å²) in [4.78, 5) is 0. The Morgan fingerprint density at radius 2 is 1.82 bits per heavy atom. The zero-order valence-corrected chi connectivity index (χ0v) is 13.6. The lowest BCUT2D eigenvalue weighted by Crippen LogP contribution is -2.41. The molecule has 0 bridgehead atoms. The zero-order valence-electron chi connectivity index (χ0n) is 13.6. The Morgan fingerprint density at radius 3 is 2.36 bits per heavy atom. The number of aryl methyl sites for hydroxylation is 1. The number of nitrogens with zero attached hydrogens (tertiary/aromatic N) is 2. The predicted molar refractivity (Wildman–Crippen MR) is 88.8 cm³/mol. The molecule has 6 heteroatoms. The van der Waals surface area contributed by atoms with Crippen LogP contribution in [0.3, 0.4) is 0 Å². The molecule has 2 aromatic rings. The molecule has 1 aliphatic heterocycles. The van der Waals surface area contributed by atoms with E-state index in [2.05, 4.69) is 11.0 Å². The van der Waals surface area contributed by atoms with Gasteiger partial charge in [0.2, 0.25) is 0 Å². The van der Waals surface area contributed by atoms with Gasteiger partial charge in [-0.15, -0.1) is 6.42 Å². The van der Waals surface area contributed by atoms with Gasteiger partial charge in [0, 0.05) is 18.1 Å². The van der Waals surface area contributed by atoms with Crippen LogP contribution in [0.1, 0.15) is 33.3 Å². The maximum absolute atomic E-state index is 6.14. The van der Waals surface area contributed by atoms with Crippen molar-refractivity contribution in [1.29, 1.82) is 0 Å². The Bertz CT molecular complexity index is 786. The first-order valence-corrected chi connectivity index (χ1v) is 7.25. The van der Waals surface area contributed by atoms with Crippen LogP contribution in [0.5, 0.6) is 0 Å². The summed E-state index contributed by atoms with van der Waals surface area (Å²) < 4.78 is 14.0. The number of anilines is 1. The molecule has 1 aromatic carbocycles. The molecule has 2 heterocycles. The van der Waals surface area contributed by atoms with Gasteiger partial charge in [-0.05, 0) is 33.8 Å². The average Bonchev–Trinajstić information content (AvgIpc) is 2.83. The van der Waals surface area contributed by atoms with Gasteiger partial charge in [-0.25, -0.2) is 0 Å². The fourth-order valence-electron chi connectivity index (χ4n) is 2.76. The van der Waals surface area contributed by atoms with Crippen LogP contribution >= 0.6 is 0 Å². The van der Waals surface area contributed by atoms with Crippen molar-refractivity contribution in [2.75, 3.05) is 5.73 Å². The van der Waals surface area contributed by atoms with Crippen LogP contribution < -0.4 is 11.2 Å². The van der Waals surface area contributed by atoms with E-state index >= 15 is 0 Å². The van der Waals surface area contributed by atoms with Gasteiger partial charge >= 0.3 is 7.12 Å². The van der Waals surface area contributed by atoms with E-state index in [4.69, 9.17) is 21.5 Å². The molecule has 0 spiro atoms. The molecule has 0 unspecified atom stereocenters. The van der Waals surface area contributed by atoms with E-state index in [1.807, 2.05) is 46.9 Å². The fraction of sp³-hybridized carbons (Fsp3) is 0.438. The van der Waals surface area contributed by atoms with Gasteiger partial charge in [0.15, 0.2) is 5.82 Å². The highest BCUT2D eigenvalue weighted by Gasteiger charge is 2.52. The van der Waals surface area contributed by atoms with Gasteiger partial charge in [-0.3, -0.25) is 4.68 Å². The summed E-state index contributed by atoms with van der Waals surface area (Å²) in [6, 6.07) is 3.79. The summed E-state index contributed by atoms with van der Waals surface area (Å²) in [6.07, 6.45) is 5.58. The van der Waals surface area contributed by atoms with Crippen molar-refractivity contribution in [2.24, 2.45) is 7.05 Å². The Labute approximate surface area is 130 Å². The zero-order chi connectivity index (χ0) is 16.3. The molecular formula is C16H20BN3O2. The van der Waals surface area contributed by atoms with E-state index in [0.717, 1.165) is 21.9 Å². The third kappa shape index (κ3) is 1.93. The molecule has 2 N–H and O–H groups in total. The summed E-state index contributed by atoms with van der Waals surface area (Å²) in [5.41, 5.74) is 7.68. The van der Waals surface area contributed by atoms with Gasteiger partial charge in [0.1, 0.15) is 0 Å². The van der Waals surface area contributed by atoms with E-state index in [1.54, 1.807) is 4.68 Å². The highest BCUT2D eigenvalue weighted by atomic mass is 16.7. The average molecular weight is 297 g/mol. The second kappa shape index (κ2) is 4.51. The number of benzene rings is 1. The van der Waals surface area contributed by atoms with Crippen molar-refractivity contribution in [2.45, 2.75) is 38.9 Å². The van der Waals surface area contributed by atoms with Crippen molar-refractivity contribution in [3.8, 4) is 12.3 Å². The summed E-state index contributed by atoms with van der Waals surface area (Å²) in [5.74, 6) is 3.08. The van der Waals surface area contributed by atoms with E-state index in [1.165, 1.54) is 0 Å². The maximum Gasteiger partial charge on any atom is 0.497 e. The molecule has 0 aliphatic carbocycles. The number of aromatic nitrogens is 2. The molecule has 114 valence electrons. The lowest BCUT2D eigenvalue weighted by Gasteiger charge is -2.32. The number of fused-ring (bicyclic) bond motifs is 1. The minimum absolute atomic E-state index is 0.404. The van der Waals surface area contributed by atoms with E-state index in [-0.39, 0.29) is 0 Å². The van der Waals surface area contributed by atoms with Crippen LogP contribution in [0.4, 0.5) is 5.82 Å². The molecule has 0 amide bonds. The highest BCUT2D eigenvalue weighted by molar-refractivity contribution is 6.65. The maximum atomic E-state index is 6.14. The van der Waals surface area contributed by atoms with Crippen LogP contribution in [0.15, 0.2) is 12.1 Å². The van der Waals surface area contributed by atoms with Gasteiger partial charge in [0.05, 0.1) is 22.1 Å². The van der Waals surface area contributed by atoms with Gasteiger partial charge in [0.25, 0.3) is 0 Å². The van der Waals surface area contributed by atoms with Crippen molar-refractivity contribution in [1.82, 2.24) is 9.78 Å². The van der Waals surface area contributed by atoms with E-state index in [0.29, 0.717) is 5.82 Å². The fourth-order valence-corrected chi connectivity index (χ4v) is 2.76. The van der Waals surface area contributed by atoms with Crippen LogP contribution in [0, 0.1) is 12.3 Å². The summed E-state index contributed by atoms with van der Waals surface area (Å²) >= 11 is 0. The Kier molecular flexibility index (Phi) is 3.07. The number of nitrogen functional groups attached to an aromatic ring is 1. The molecule has 1 saturated heterocycles. The highest BCUT2D eigenvalue weighted by Crippen LogP contribution is 2.37. The van der Waals surface area contributed by atoms with Crippen molar-refractivity contribution < 1.29 is 9.31 Å². The number of nitrogens with two attached hydrogens (primary N) is 1. The summed E-state index contributed by atoms with van der Waals surface area (Å²) in [7, 11) is 1.36. The predicted octanol–water partition coefficient (Wildman–Crippen LogP) is 1.44. The van der Waals surface area contributed by atoms with Gasteiger partial charge in [-0.1, -0.05) is 12.0 Å². The number of hydrogen-bond acceptors (Lipinski definition) is 4. The largest absolute Gasteiger partial charge is 0.497 e. The molecular weight excluding hydrogens is 277 g/mol. The third-order valence-electron chi connectivity index (χ3n) is 4.71. The van der Waals surface area contributed by atoms with Crippen LogP contribution in [0.2, 0.25) is 0 Å². The quantitative estimate of drug-likeness (QED) is 0.639. The minimum Gasteiger partial charge on any atom is -0.399 e. The molecule has 0 radical (unpaired) electrons. The second-order valence-corrected chi connectivity index (χ2v) is 6.67. The Morgan fingerprint density at radius 1 is 1.23 bits per heavy atom. The van der Waals surface area contributed by atoms with Crippen LogP contribution in [-0.4, -0.2) is 28.1 Å². The Balaban J connectivity index is 2.21. The molecule has 1 aliphatic rings. The summed E-state index contributed by atoms with van der Waals surface area (Å²) in [5, 5.41) is 5.07. The molecule has 5 nitrogen and oxygen atoms in total. The number of hydrogen-bond donors (Lipinski definition) is 1. The smallest absolute Gasteiger partial charge is 0.399 e. The molecule has 1 fully saturated rings. The third-order valence-corrected chi connectivity index (χ3v) is 4.71. The van der Waals surface area contributed by atoms with Crippen LogP contribution in [-0.2, 0) is 16.4 Å². The topological polar surface area (TPSA) is 62.3 Å². The van der Waals surface area contributed by atoms with Crippen molar-refractivity contribution in [3.63, 3.8) is 0 Å². The molecule has 22 heavy (non-hydrogen) atoms.